The fraction of sp³-hybridized carbons (Fsp3) is 0.750. The molecule has 2 aromatic heterocycles. The second-order valence-electron chi connectivity index (χ2n) is 5.25. The van der Waals surface area contributed by atoms with Gasteiger partial charge in [0.25, 0.3) is 0 Å². The van der Waals surface area contributed by atoms with Crippen LogP contribution in [0.5, 0.6) is 0 Å². The molecule has 0 spiro atoms. The van der Waals surface area contributed by atoms with E-state index < -0.39 is 0 Å². The zero-order valence-corrected chi connectivity index (χ0v) is 11.5. The summed E-state index contributed by atoms with van der Waals surface area (Å²) in [4.78, 5) is 0.888. The molecule has 0 aliphatic heterocycles. The summed E-state index contributed by atoms with van der Waals surface area (Å²) in [5.41, 5.74) is 6.17. The molecule has 1 saturated carbocycles. The molecule has 1 aliphatic carbocycles. The van der Waals surface area contributed by atoms with Crippen molar-refractivity contribution in [1.82, 2.24) is 19.8 Å². The molecule has 0 aromatic carbocycles. The summed E-state index contributed by atoms with van der Waals surface area (Å²) in [5, 5.41) is 14.1. The van der Waals surface area contributed by atoms with E-state index in [1.54, 1.807) is 11.3 Å². The number of nitrogens with zero attached hydrogens (tertiary/aromatic N) is 4. The van der Waals surface area contributed by atoms with Gasteiger partial charge in [-0.15, -0.1) is 10.2 Å². The van der Waals surface area contributed by atoms with Gasteiger partial charge in [0.15, 0.2) is 5.82 Å². The molecule has 2 aromatic rings. The van der Waals surface area contributed by atoms with Gasteiger partial charge in [-0.3, -0.25) is 0 Å². The lowest BCUT2D eigenvalue weighted by molar-refractivity contribution is 0.375. The summed E-state index contributed by atoms with van der Waals surface area (Å²) in [6.45, 7) is 2.63. The molecule has 1 fully saturated rings. The second kappa shape index (κ2) is 4.59. The Morgan fingerprint density at radius 2 is 1.94 bits per heavy atom. The van der Waals surface area contributed by atoms with Crippen molar-refractivity contribution in [2.75, 3.05) is 6.54 Å². The molecule has 0 saturated heterocycles. The second-order valence-corrected chi connectivity index (χ2v) is 6.20. The van der Waals surface area contributed by atoms with Gasteiger partial charge in [-0.2, -0.15) is 9.61 Å². The summed E-state index contributed by atoms with van der Waals surface area (Å²) >= 11 is 1.66. The Labute approximate surface area is 110 Å². The van der Waals surface area contributed by atoms with Crippen molar-refractivity contribution >= 4 is 16.3 Å². The average molecular weight is 265 g/mol. The first-order valence-electron chi connectivity index (χ1n) is 6.65. The normalized spacial score (nSPS) is 20.1. The molecule has 0 bridgehead atoms. The minimum absolute atomic E-state index is 0.0777. The van der Waals surface area contributed by atoms with Crippen molar-refractivity contribution in [2.24, 2.45) is 5.73 Å². The summed E-state index contributed by atoms with van der Waals surface area (Å²) < 4.78 is 1.85. The molecule has 6 heteroatoms. The van der Waals surface area contributed by atoms with E-state index in [-0.39, 0.29) is 5.41 Å². The van der Waals surface area contributed by atoms with Gasteiger partial charge in [-0.05, 0) is 19.8 Å². The van der Waals surface area contributed by atoms with E-state index >= 15 is 0 Å². The molecule has 18 heavy (non-hydrogen) atoms. The van der Waals surface area contributed by atoms with Crippen LogP contribution in [0.25, 0.3) is 4.96 Å². The van der Waals surface area contributed by atoms with Gasteiger partial charge in [0.05, 0.1) is 0 Å². The number of rotatable bonds is 2. The van der Waals surface area contributed by atoms with Crippen LogP contribution in [0.1, 0.15) is 49.4 Å². The molecule has 1 aliphatic rings. The average Bonchev–Trinajstić information content (AvgIpc) is 2.85. The Morgan fingerprint density at radius 3 is 2.56 bits per heavy atom. The first-order valence-corrected chi connectivity index (χ1v) is 7.46. The summed E-state index contributed by atoms with van der Waals surface area (Å²) in [5.74, 6) is 0.855. The zero-order valence-electron chi connectivity index (χ0n) is 10.7. The first kappa shape index (κ1) is 12.0. The van der Waals surface area contributed by atoms with Crippen LogP contribution in [0, 0.1) is 6.92 Å². The Bertz CT molecular complexity index is 536. The van der Waals surface area contributed by atoms with E-state index in [1.807, 2.05) is 11.4 Å². The lowest BCUT2D eigenvalue weighted by Gasteiger charge is -2.28. The van der Waals surface area contributed by atoms with Crippen LogP contribution in [-0.2, 0) is 5.41 Å². The third-order valence-electron chi connectivity index (χ3n) is 4.05. The number of fused-ring (bicyclic) bond motifs is 1. The Morgan fingerprint density at radius 1 is 1.22 bits per heavy atom. The molecule has 5 nitrogen and oxygen atoms in total. The van der Waals surface area contributed by atoms with E-state index in [4.69, 9.17) is 10.8 Å². The fourth-order valence-corrected chi connectivity index (χ4v) is 3.98. The quantitative estimate of drug-likeness (QED) is 0.844. The molecule has 0 radical (unpaired) electrons. The maximum atomic E-state index is 6.09. The third-order valence-corrected chi connectivity index (χ3v) is 5.20. The minimum Gasteiger partial charge on any atom is -0.329 e. The Balaban J connectivity index is 2.03. The summed E-state index contributed by atoms with van der Waals surface area (Å²) in [6.07, 6.45) is 7.49. The van der Waals surface area contributed by atoms with Crippen molar-refractivity contribution in [3.8, 4) is 0 Å². The van der Waals surface area contributed by atoms with Gasteiger partial charge < -0.3 is 5.73 Å². The van der Waals surface area contributed by atoms with Crippen molar-refractivity contribution in [3.05, 3.63) is 10.8 Å². The lowest BCUT2D eigenvalue weighted by Crippen LogP contribution is -2.34. The third kappa shape index (κ3) is 1.83. The number of nitrogens with two attached hydrogens (primary N) is 1. The molecule has 3 rings (SSSR count). The maximum Gasteiger partial charge on any atom is 0.234 e. The summed E-state index contributed by atoms with van der Waals surface area (Å²) in [7, 11) is 0. The van der Waals surface area contributed by atoms with E-state index in [9.17, 15) is 0 Å². The fourth-order valence-electron chi connectivity index (χ4n) is 2.84. The predicted molar refractivity (Wildman–Crippen MR) is 71.8 cm³/mol. The highest BCUT2D eigenvalue weighted by molar-refractivity contribution is 7.16. The molecule has 98 valence electrons. The van der Waals surface area contributed by atoms with Crippen molar-refractivity contribution in [2.45, 2.75) is 50.9 Å². The SMILES string of the molecule is Cc1nnc2sc(C3(CN)CCCCCC3)nn12. The highest BCUT2D eigenvalue weighted by atomic mass is 32.1. The Hall–Kier alpha value is -1.01. The molecular weight excluding hydrogens is 246 g/mol. The van der Waals surface area contributed by atoms with Crippen LogP contribution in [0.3, 0.4) is 0 Å². The Kier molecular flexibility index (Phi) is 3.07. The highest BCUT2D eigenvalue weighted by Crippen LogP contribution is 2.39. The summed E-state index contributed by atoms with van der Waals surface area (Å²) in [6, 6.07) is 0. The van der Waals surface area contributed by atoms with E-state index in [0.717, 1.165) is 28.6 Å². The number of hydrogen-bond donors (Lipinski definition) is 1. The predicted octanol–water partition coefficient (Wildman–Crippen LogP) is 2.04. The highest BCUT2D eigenvalue weighted by Gasteiger charge is 2.35. The van der Waals surface area contributed by atoms with Crippen molar-refractivity contribution < 1.29 is 0 Å². The molecular formula is C12H19N5S. The molecule has 2 N–H and O–H groups in total. The van der Waals surface area contributed by atoms with Gasteiger partial charge in [-0.1, -0.05) is 37.0 Å². The van der Waals surface area contributed by atoms with E-state index in [0.29, 0.717) is 6.54 Å². The van der Waals surface area contributed by atoms with Gasteiger partial charge >= 0.3 is 0 Å². The number of aromatic nitrogens is 4. The smallest absolute Gasteiger partial charge is 0.234 e. The zero-order chi connectivity index (χ0) is 12.6. The molecule has 0 amide bonds. The minimum atomic E-state index is 0.0777. The largest absolute Gasteiger partial charge is 0.329 e. The van der Waals surface area contributed by atoms with Crippen molar-refractivity contribution in [1.29, 1.82) is 0 Å². The molecule has 0 unspecified atom stereocenters. The topological polar surface area (TPSA) is 69.1 Å². The number of hydrogen-bond acceptors (Lipinski definition) is 5. The van der Waals surface area contributed by atoms with Crippen LogP contribution in [0.2, 0.25) is 0 Å². The molecule has 2 heterocycles. The van der Waals surface area contributed by atoms with Crippen LogP contribution in [0.4, 0.5) is 0 Å². The van der Waals surface area contributed by atoms with Crippen LogP contribution in [0.15, 0.2) is 0 Å². The van der Waals surface area contributed by atoms with Gasteiger partial charge in [-0.25, -0.2) is 0 Å². The number of aryl methyl sites for hydroxylation is 1. The van der Waals surface area contributed by atoms with Gasteiger partial charge in [0.2, 0.25) is 4.96 Å². The monoisotopic (exact) mass is 265 g/mol. The standard InChI is InChI=1S/C12H19N5S/c1-9-14-15-11-17(9)16-10(18-11)12(8-13)6-4-2-3-5-7-12/h2-8,13H2,1H3. The van der Waals surface area contributed by atoms with Crippen LogP contribution >= 0.6 is 11.3 Å². The van der Waals surface area contributed by atoms with E-state index in [2.05, 4.69) is 10.2 Å². The molecule has 0 atom stereocenters. The first-order chi connectivity index (χ1) is 8.75. The van der Waals surface area contributed by atoms with E-state index in [1.165, 1.54) is 25.7 Å². The van der Waals surface area contributed by atoms with Gasteiger partial charge in [0.1, 0.15) is 5.01 Å². The van der Waals surface area contributed by atoms with Crippen LogP contribution in [-0.4, -0.2) is 26.4 Å². The van der Waals surface area contributed by atoms with Crippen LogP contribution < -0.4 is 5.73 Å². The maximum absolute atomic E-state index is 6.09. The lowest BCUT2D eigenvalue weighted by atomic mass is 9.81. The van der Waals surface area contributed by atoms with Gasteiger partial charge in [0, 0.05) is 12.0 Å². The van der Waals surface area contributed by atoms with Crippen molar-refractivity contribution in [3.63, 3.8) is 0 Å².